The van der Waals surface area contributed by atoms with E-state index < -0.39 is 12.2 Å². The van der Waals surface area contributed by atoms with Crippen LogP contribution >= 0.6 is 23.2 Å². The van der Waals surface area contributed by atoms with Crippen molar-refractivity contribution in [1.82, 2.24) is 4.90 Å². The van der Waals surface area contributed by atoms with Crippen LogP contribution in [-0.2, 0) is 0 Å². The number of rotatable bonds is 4. The Labute approximate surface area is 180 Å². The van der Waals surface area contributed by atoms with E-state index in [1.807, 2.05) is 18.2 Å². The fourth-order valence-corrected chi connectivity index (χ4v) is 4.57. The lowest BCUT2D eigenvalue weighted by Crippen LogP contribution is -2.51. The van der Waals surface area contributed by atoms with E-state index in [4.69, 9.17) is 32.7 Å². The Morgan fingerprint density at radius 1 is 1.17 bits per heavy atom. The van der Waals surface area contributed by atoms with Crippen LogP contribution in [0.4, 0.5) is 0 Å². The number of halogens is 2. The molecule has 2 aromatic carbocycles. The molecular formula is C22H25Cl2NO4. The highest BCUT2D eigenvalue weighted by Crippen LogP contribution is 2.45. The maximum atomic E-state index is 10.7. The van der Waals surface area contributed by atoms with Gasteiger partial charge in [0.05, 0.1) is 29.4 Å². The van der Waals surface area contributed by atoms with E-state index in [-0.39, 0.29) is 5.60 Å². The summed E-state index contributed by atoms with van der Waals surface area (Å²) < 4.78 is 11.7. The van der Waals surface area contributed by atoms with E-state index in [2.05, 4.69) is 4.90 Å². The molecule has 1 fully saturated rings. The van der Waals surface area contributed by atoms with Crippen molar-refractivity contribution < 1.29 is 19.7 Å². The molecule has 7 heteroatoms. The summed E-state index contributed by atoms with van der Waals surface area (Å²) in [5.74, 6) is 1.42. The molecule has 0 radical (unpaired) electrons. The molecule has 2 aliphatic rings. The van der Waals surface area contributed by atoms with Crippen LogP contribution in [0.5, 0.6) is 11.5 Å². The van der Waals surface area contributed by atoms with Crippen LogP contribution in [-0.4, -0.2) is 47.5 Å². The Balaban J connectivity index is 1.40. The second-order valence-corrected chi connectivity index (χ2v) is 8.71. The molecule has 2 heterocycles. The number of methoxy groups -OCH3 is 1. The monoisotopic (exact) mass is 437 g/mol. The molecule has 1 spiro atoms. The lowest BCUT2D eigenvalue weighted by Gasteiger charge is -2.46. The smallest absolute Gasteiger partial charge is 0.129 e. The first kappa shape index (κ1) is 20.8. The van der Waals surface area contributed by atoms with Crippen LogP contribution in [0.25, 0.3) is 0 Å². The maximum absolute atomic E-state index is 10.7. The third-order valence-electron chi connectivity index (χ3n) is 6.00. The highest BCUT2D eigenvalue weighted by molar-refractivity contribution is 6.42. The zero-order chi connectivity index (χ0) is 20.6. The standard InChI is InChI=1S/C22H25Cl2NO4/c1-28-15-3-4-16-19(26)12-22(29-21(16)11-15)6-8-25(9-7-22)13-20(27)14-2-5-17(23)18(24)10-14/h2-5,10-11,19-20,26-27H,6-9,12-13H2,1H3. The normalized spacial score (nSPS) is 22.0. The number of aliphatic hydroxyl groups excluding tert-OH is 2. The number of fused-ring (bicyclic) bond motifs is 1. The van der Waals surface area contributed by atoms with Gasteiger partial charge in [-0.25, -0.2) is 0 Å². The first-order chi connectivity index (χ1) is 13.9. The summed E-state index contributed by atoms with van der Waals surface area (Å²) in [5, 5.41) is 22.2. The molecule has 29 heavy (non-hydrogen) atoms. The van der Waals surface area contributed by atoms with Crippen molar-refractivity contribution in [2.45, 2.75) is 37.1 Å². The Kier molecular flexibility index (Phi) is 5.96. The summed E-state index contributed by atoms with van der Waals surface area (Å²) in [7, 11) is 1.62. The Hall–Kier alpha value is -1.50. The molecule has 2 aliphatic heterocycles. The van der Waals surface area contributed by atoms with Crippen LogP contribution < -0.4 is 9.47 Å². The molecule has 0 amide bonds. The minimum Gasteiger partial charge on any atom is -0.497 e. The highest BCUT2D eigenvalue weighted by Gasteiger charge is 2.43. The number of nitrogens with zero attached hydrogens (tertiary/aromatic N) is 1. The number of hydrogen-bond acceptors (Lipinski definition) is 5. The van der Waals surface area contributed by atoms with Gasteiger partial charge in [0, 0.05) is 37.7 Å². The van der Waals surface area contributed by atoms with Crippen molar-refractivity contribution in [2.75, 3.05) is 26.7 Å². The number of hydrogen-bond donors (Lipinski definition) is 2. The van der Waals surface area contributed by atoms with Crippen molar-refractivity contribution in [3.05, 3.63) is 57.6 Å². The third kappa shape index (κ3) is 4.35. The molecule has 1 saturated heterocycles. The molecule has 2 atom stereocenters. The predicted molar refractivity (Wildman–Crippen MR) is 113 cm³/mol. The van der Waals surface area contributed by atoms with Gasteiger partial charge in [0.15, 0.2) is 0 Å². The van der Waals surface area contributed by atoms with Gasteiger partial charge in [-0.2, -0.15) is 0 Å². The number of benzene rings is 2. The Morgan fingerprint density at radius 2 is 1.93 bits per heavy atom. The zero-order valence-electron chi connectivity index (χ0n) is 16.3. The van der Waals surface area contributed by atoms with Crippen LogP contribution in [0, 0.1) is 0 Å². The summed E-state index contributed by atoms with van der Waals surface area (Å²) >= 11 is 12.0. The molecule has 5 nitrogen and oxygen atoms in total. The molecule has 4 rings (SSSR count). The van der Waals surface area contributed by atoms with E-state index in [0.717, 1.165) is 42.8 Å². The van der Waals surface area contributed by atoms with Gasteiger partial charge < -0.3 is 24.6 Å². The summed E-state index contributed by atoms with van der Waals surface area (Å²) in [5.41, 5.74) is 1.18. The quantitative estimate of drug-likeness (QED) is 0.742. The second kappa shape index (κ2) is 8.32. The van der Waals surface area contributed by atoms with Gasteiger partial charge in [-0.1, -0.05) is 29.3 Å². The minimum absolute atomic E-state index is 0.385. The highest BCUT2D eigenvalue weighted by atomic mass is 35.5. The van der Waals surface area contributed by atoms with Gasteiger partial charge in [0.2, 0.25) is 0 Å². The first-order valence-electron chi connectivity index (χ1n) is 9.79. The minimum atomic E-state index is -0.637. The number of β-amino-alcohol motifs (C(OH)–C–C–N with tert-alkyl or cyclic N) is 1. The molecular weight excluding hydrogens is 413 g/mol. The SMILES string of the molecule is COc1ccc2c(c1)OC1(CCN(CC(O)c3ccc(Cl)c(Cl)c3)CC1)CC2O. The van der Waals surface area contributed by atoms with Crippen LogP contribution in [0.2, 0.25) is 10.0 Å². The number of aliphatic hydroxyl groups is 2. The molecule has 0 saturated carbocycles. The Bertz CT molecular complexity index is 883. The van der Waals surface area contributed by atoms with Crippen LogP contribution in [0.1, 0.15) is 42.6 Å². The fourth-order valence-electron chi connectivity index (χ4n) is 4.26. The van der Waals surface area contributed by atoms with Gasteiger partial charge in [-0.3, -0.25) is 0 Å². The van der Waals surface area contributed by atoms with Crippen LogP contribution in [0.3, 0.4) is 0 Å². The second-order valence-electron chi connectivity index (χ2n) is 7.90. The fraction of sp³-hybridized carbons (Fsp3) is 0.455. The Morgan fingerprint density at radius 3 is 2.62 bits per heavy atom. The summed E-state index contributed by atoms with van der Waals surface area (Å²) in [6.45, 7) is 2.08. The average Bonchev–Trinajstić information content (AvgIpc) is 2.71. The van der Waals surface area contributed by atoms with Gasteiger partial charge in [0.1, 0.15) is 17.1 Å². The molecule has 0 bridgehead atoms. The summed E-state index contributed by atoms with van der Waals surface area (Å²) in [6.07, 6.45) is 0.971. The van der Waals surface area contributed by atoms with E-state index in [0.29, 0.717) is 28.8 Å². The maximum Gasteiger partial charge on any atom is 0.129 e. The van der Waals surface area contributed by atoms with E-state index in [1.165, 1.54) is 0 Å². The van der Waals surface area contributed by atoms with Gasteiger partial charge >= 0.3 is 0 Å². The average molecular weight is 438 g/mol. The molecule has 0 aliphatic carbocycles. The summed E-state index contributed by atoms with van der Waals surface area (Å²) in [4.78, 5) is 2.22. The van der Waals surface area contributed by atoms with Crippen molar-refractivity contribution in [1.29, 1.82) is 0 Å². The van der Waals surface area contributed by atoms with Crippen LogP contribution in [0.15, 0.2) is 36.4 Å². The lowest BCUT2D eigenvalue weighted by molar-refractivity contribution is -0.0588. The van der Waals surface area contributed by atoms with Crippen molar-refractivity contribution >= 4 is 23.2 Å². The lowest BCUT2D eigenvalue weighted by atomic mass is 9.81. The first-order valence-corrected chi connectivity index (χ1v) is 10.6. The third-order valence-corrected chi connectivity index (χ3v) is 6.74. The summed E-state index contributed by atoms with van der Waals surface area (Å²) in [6, 6.07) is 10.8. The van der Waals surface area contributed by atoms with Gasteiger partial charge in [-0.05, 0) is 42.7 Å². The van der Waals surface area contributed by atoms with Crippen molar-refractivity contribution in [3.8, 4) is 11.5 Å². The number of piperidine rings is 1. The zero-order valence-corrected chi connectivity index (χ0v) is 17.8. The van der Waals surface area contributed by atoms with E-state index in [9.17, 15) is 10.2 Å². The number of ether oxygens (including phenoxy) is 2. The van der Waals surface area contributed by atoms with Crippen molar-refractivity contribution in [2.24, 2.45) is 0 Å². The topological polar surface area (TPSA) is 62.2 Å². The molecule has 156 valence electrons. The molecule has 2 N–H and O–H groups in total. The molecule has 2 unspecified atom stereocenters. The number of likely N-dealkylation sites (tertiary alicyclic amines) is 1. The van der Waals surface area contributed by atoms with Crippen molar-refractivity contribution in [3.63, 3.8) is 0 Å². The largest absolute Gasteiger partial charge is 0.497 e. The van der Waals surface area contributed by atoms with E-state index in [1.54, 1.807) is 25.3 Å². The van der Waals surface area contributed by atoms with E-state index >= 15 is 0 Å². The van der Waals surface area contributed by atoms with Gasteiger partial charge in [0.25, 0.3) is 0 Å². The van der Waals surface area contributed by atoms with Gasteiger partial charge in [-0.15, -0.1) is 0 Å². The predicted octanol–water partition coefficient (Wildman–Crippen LogP) is 4.39. The molecule has 0 aromatic heterocycles. The molecule has 2 aromatic rings.